The van der Waals surface area contributed by atoms with Crippen LogP contribution in [0.5, 0.6) is 11.5 Å². The van der Waals surface area contributed by atoms with Crippen molar-refractivity contribution < 1.29 is 14.9 Å². The van der Waals surface area contributed by atoms with E-state index in [1.165, 1.54) is 5.57 Å². The van der Waals surface area contributed by atoms with E-state index in [0.29, 0.717) is 17.6 Å². The molecule has 0 fully saturated rings. The van der Waals surface area contributed by atoms with Crippen LogP contribution in [0.15, 0.2) is 35.9 Å². The Morgan fingerprint density at radius 3 is 2.84 bits per heavy atom. The van der Waals surface area contributed by atoms with Crippen LogP contribution in [0.2, 0.25) is 0 Å². The van der Waals surface area contributed by atoms with E-state index >= 15 is 0 Å². The number of hydrogen-bond donors (Lipinski definition) is 2. The molecule has 0 saturated heterocycles. The molecular formula is C22H30O3. The maximum absolute atomic E-state index is 10.7. The Hall–Kier alpha value is -1.74. The Bertz CT molecular complexity index is 685. The van der Waals surface area contributed by atoms with E-state index in [4.69, 9.17) is 9.84 Å². The number of hydrogen-bond acceptors (Lipinski definition) is 3. The zero-order chi connectivity index (χ0) is 18.0. The van der Waals surface area contributed by atoms with Gasteiger partial charge < -0.3 is 14.9 Å². The SMILES string of the molecule is CC1=CC[C@@H]2[C@@H](C1)c1c(O)cc(C/C=C\CCCO)cc1OC2(C)C. The molecule has 2 atom stereocenters. The van der Waals surface area contributed by atoms with Gasteiger partial charge in [0, 0.05) is 24.0 Å². The molecule has 0 spiro atoms. The Morgan fingerprint density at radius 1 is 1.28 bits per heavy atom. The summed E-state index contributed by atoms with van der Waals surface area (Å²) in [7, 11) is 0. The lowest BCUT2D eigenvalue weighted by atomic mass is 9.67. The molecule has 0 saturated carbocycles. The van der Waals surface area contributed by atoms with Crippen LogP contribution in [0.25, 0.3) is 0 Å². The quantitative estimate of drug-likeness (QED) is 0.592. The molecule has 1 aliphatic carbocycles. The summed E-state index contributed by atoms with van der Waals surface area (Å²) in [5.74, 6) is 1.95. The van der Waals surface area contributed by atoms with Gasteiger partial charge in [0.2, 0.25) is 0 Å². The molecule has 136 valence electrons. The van der Waals surface area contributed by atoms with E-state index in [-0.39, 0.29) is 12.2 Å². The highest BCUT2D eigenvalue weighted by Gasteiger charge is 2.45. The minimum Gasteiger partial charge on any atom is -0.508 e. The second-order valence-corrected chi connectivity index (χ2v) is 7.98. The first-order valence-electron chi connectivity index (χ1n) is 9.38. The van der Waals surface area contributed by atoms with Gasteiger partial charge in [0.15, 0.2) is 0 Å². The second-order valence-electron chi connectivity index (χ2n) is 7.98. The first kappa shape index (κ1) is 18.1. The summed E-state index contributed by atoms with van der Waals surface area (Å²) in [6, 6.07) is 3.98. The van der Waals surface area contributed by atoms with Crippen LogP contribution in [0.3, 0.4) is 0 Å². The third-order valence-electron chi connectivity index (χ3n) is 5.61. The van der Waals surface area contributed by atoms with Gasteiger partial charge in [-0.05, 0) is 70.6 Å². The van der Waals surface area contributed by atoms with E-state index in [0.717, 1.165) is 49.0 Å². The molecule has 3 heteroatoms. The third kappa shape index (κ3) is 3.77. The topological polar surface area (TPSA) is 49.7 Å². The lowest BCUT2D eigenvalue weighted by Crippen LogP contribution is -2.45. The minimum absolute atomic E-state index is 0.225. The maximum atomic E-state index is 10.7. The maximum Gasteiger partial charge on any atom is 0.127 e. The molecule has 3 rings (SSSR count). The molecule has 0 amide bonds. The zero-order valence-corrected chi connectivity index (χ0v) is 15.6. The number of allylic oxidation sites excluding steroid dienone is 4. The van der Waals surface area contributed by atoms with E-state index in [1.54, 1.807) is 0 Å². The summed E-state index contributed by atoms with van der Waals surface area (Å²) in [5.41, 5.74) is 3.23. The number of aliphatic hydroxyl groups is 1. The van der Waals surface area contributed by atoms with Crippen molar-refractivity contribution in [3.8, 4) is 11.5 Å². The average Bonchev–Trinajstić information content (AvgIpc) is 2.53. The van der Waals surface area contributed by atoms with E-state index < -0.39 is 0 Å². The van der Waals surface area contributed by atoms with E-state index in [9.17, 15) is 5.11 Å². The molecule has 0 aromatic heterocycles. The number of ether oxygens (including phenoxy) is 1. The summed E-state index contributed by atoms with van der Waals surface area (Å²) in [4.78, 5) is 0. The third-order valence-corrected chi connectivity index (χ3v) is 5.61. The van der Waals surface area contributed by atoms with Gasteiger partial charge in [-0.2, -0.15) is 0 Å². The fourth-order valence-electron chi connectivity index (χ4n) is 4.28. The summed E-state index contributed by atoms with van der Waals surface area (Å²) < 4.78 is 6.34. The lowest BCUT2D eigenvalue weighted by Gasteiger charge is -2.47. The highest BCUT2D eigenvalue weighted by molar-refractivity contribution is 5.53. The number of benzene rings is 1. The number of fused-ring (bicyclic) bond motifs is 3. The molecule has 0 radical (unpaired) electrons. The van der Waals surface area contributed by atoms with Gasteiger partial charge in [0.25, 0.3) is 0 Å². The van der Waals surface area contributed by atoms with Gasteiger partial charge in [-0.1, -0.05) is 23.8 Å². The van der Waals surface area contributed by atoms with Crippen LogP contribution in [0.4, 0.5) is 0 Å². The molecule has 0 unspecified atom stereocenters. The molecule has 1 aromatic rings. The van der Waals surface area contributed by atoms with Crippen molar-refractivity contribution in [2.45, 2.75) is 64.4 Å². The fourth-order valence-corrected chi connectivity index (χ4v) is 4.28. The predicted octanol–water partition coefficient (Wildman–Crippen LogP) is 4.87. The molecule has 0 bridgehead atoms. The van der Waals surface area contributed by atoms with Crippen molar-refractivity contribution in [3.63, 3.8) is 0 Å². The van der Waals surface area contributed by atoms with E-state index in [1.807, 2.05) is 6.07 Å². The number of unbranched alkanes of at least 4 members (excludes halogenated alkanes) is 1. The second kappa shape index (κ2) is 7.25. The largest absolute Gasteiger partial charge is 0.508 e. The van der Waals surface area contributed by atoms with Crippen molar-refractivity contribution in [3.05, 3.63) is 47.1 Å². The molecular weight excluding hydrogens is 312 g/mol. The first-order chi connectivity index (χ1) is 11.9. The normalized spacial score (nSPS) is 24.4. The number of aliphatic hydroxyl groups excluding tert-OH is 1. The number of phenolic OH excluding ortho intramolecular Hbond substituents is 1. The van der Waals surface area contributed by atoms with Crippen molar-refractivity contribution in [1.82, 2.24) is 0 Å². The zero-order valence-electron chi connectivity index (χ0n) is 15.6. The van der Waals surface area contributed by atoms with Crippen molar-refractivity contribution in [2.75, 3.05) is 6.61 Å². The summed E-state index contributed by atoms with van der Waals surface area (Å²) in [5, 5.41) is 19.5. The Morgan fingerprint density at radius 2 is 2.08 bits per heavy atom. The van der Waals surface area contributed by atoms with Crippen molar-refractivity contribution in [2.24, 2.45) is 5.92 Å². The molecule has 3 nitrogen and oxygen atoms in total. The van der Waals surface area contributed by atoms with Crippen LogP contribution in [-0.2, 0) is 6.42 Å². The predicted molar refractivity (Wildman–Crippen MR) is 101 cm³/mol. The van der Waals surface area contributed by atoms with Crippen LogP contribution >= 0.6 is 0 Å². The summed E-state index contributed by atoms with van der Waals surface area (Å²) in [6.07, 6.45) is 11.0. The van der Waals surface area contributed by atoms with Crippen molar-refractivity contribution in [1.29, 1.82) is 0 Å². The minimum atomic E-state index is -0.225. The van der Waals surface area contributed by atoms with Crippen LogP contribution in [-0.4, -0.2) is 22.4 Å². The highest BCUT2D eigenvalue weighted by Crippen LogP contribution is 2.54. The molecule has 2 N–H and O–H groups in total. The van der Waals surface area contributed by atoms with E-state index in [2.05, 4.69) is 45.1 Å². The monoisotopic (exact) mass is 342 g/mol. The summed E-state index contributed by atoms with van der Waals surface area (Å²) in [6.45, 7) is 6.74. The first-order valence-corrected chi connectivity index (χ1v) is 9.38. The standard InChI is InChI=1S/C22H30O3/c1-15-9-10-18-17(12-15)21-19(24)13-16(8-6-4-5-7-11-23)14-20(21)25-22(18,2)3/h4,6,9,13-14,17-18,23-24H,5,7-8,10-12H2,1-3H3/b6-4-/t17-,18-/m1/s1. The van der Waals surface area contributed by atoms with Gasteiger partial charge in [0.05, 0.1) is 0 Å². The van der Waals surface area contributed by atoms with Gasteiger partial charge in [-0.25, -0.2) is 0 Å². The Kier molecular flexibility index (Phi) is 5.24. The van der Waals surface area contributed by atoms with Crippen LogP contribution in [0.1, 0.15) is 63.5 Å². The highest BCUT2D eigenvalue weighted by atomic mass is 16.5. The number of phenols is 1. The fraction of sp³-hybridized carbons (Fsp3) is 0.545. The summed E-state index contributed by atoms with van der Waals surface area (Å²) >= 11 is 0. The number of aromatic hydroxyl groups is 1. The molecule has 1 heterocycles. The van der Waals surface area contributed by atoms with Crippen LogP contribution in [0, 0.1) is 5.92 Å². The molecule has 1 aliphatic heterocycles. The van der Waals surface area contributed by atoms with Crippen LogP contribution < -0.4 is 4.74 Å². The Labute approximate surface area is 151 Å². The van der Waals surface area contributed by atoms with Gasteiger partial charge in [-0.15, -0.1) is 0 Å². The number of rotatable bonds is 5. The van der Waals surface area contributed by atoms with Crippen molar-refractivity contribution >= 4 is 0 Å². The molecule has 25 heavy (non-hydrogen) atoms. The van der Waals surface area contributed by atoms with Gasteiger partial charge in [-0.3, -0.25) is 0 Å². The van der Waals surface area contributed by atoms with Gasteiger partial charge in [0.1, 0.15) is 17.1 Å². The van der Waals surface area contributed by atoms with Gasteiger partial charge >= 0.3 is 0 Å². The molecule has 2 aliphatic rings. The molecule has 1 aromatic carbocycles. The Balaban J connectivity index is 1.88. The lowest BCUT2D eigenvalue weighted by molar-refractivity contribution is 0.00754. The average molecular weight is 342 g/mol. The smallest absolute Gasteiger partial charge is 0.127 e.